The number of fused-ring (bicyclic) bond motifs is 7. The Balaban J connectivity index is 1.68. The monoisotopic (exact) mass is 323 g/mol. The first kappa shape index (κ1) is 12.8. The predicted octanol–water partition coefficient (Wildman–Crippen LogP) is 5.38. The highest BCUT2D eigenvalue weighted by Crippen LogP contribution is 2.32. The van der Waals surface area contributed by atoms with Gasteiger partial charge in [-0.15, -0.1) is 0 Å². The summed E-state index contributed by atoms with van der Waals surface area (Å²) < 4.78 is 8.09. The molecule has 3 aromatic carbocycles. The minimum absolute atomic E-state index is 0.618. The predicted molar refractivity (Wildman–Crippen MR) is 99.8 cm³/mol. The van der Waals surface area contributed by atoms with Crippen molar-refractivity contribution < 1.29 is 4.42 Å². The van der Waals surface area contributed by atoms with Crippen LogP contribution >= 0.6 is 0 Å². The third kappa shape index (κ3) is 1.68. The molecule has 3 heterocycles. The van der Waals surface area contributed by atoms with E-state index in [2.05, 4.69) is 51.8 Å². The number of nitrogens with zero attached hydrogens (tertiary/aromatic N) is 2. The molecule has 0 unspecified atom stereocenters. The van der Waals surface area contributed by atoms with Crippen molar-refractivity contribution in [2.45, 2.75) is 0 Å². The van der Waals surface area contributed by atoms with Crippen LogP contribution in [0.3, 0.4) is 0 Å². The molecule has 0 bridgehead atoms. The highest BCUT2D eigenvalue weighted by molar-refractivity contribution is 6.06. The zero-order chi connectivity index (χ0) is 16.4. The topological polar surface area (TPSA) is 46.2 Å². The molecular weight excluding hydrogens is 310 g/mol. The molecule has 6 rings (SSSR count). The Kier molecular flexibility index (Phi) is 2.32. The van der Waals surface area contributed by atoms with E-state index in [0.717, 1.165) is 38.7 Å². The quantitative estimate of drug-likeness (QED) is 0.441. The van der Waals surface area contributed by atoms with Crippen LogP contribution < -0.4 is 0 Å². The van der Waals surface area contributed by atoms with Crippen molar-refractivity contribution in [3.05, 3.63) is 72.8 Å². The average molecular weight is 323 g/mol. The van der Waals surface area contributed by atoms with Gasteiger partial charge in [0, 0.05) is 10.9 Å². The Morgan fingerprint density at radius 2 is 1.68 bits per heavy atom. The number of aromatic amines is 1. The smallest absolute Gasteiger partial charge is 0.309 e. The second kappa shape index (κ2) is 4.51. The normalized spacial score (nSPS) is 12.0. The van der Waals surface area contributed by atoms with E-state index in [-0.39, 0.29) is 0 Å². The van der Waals surface area contributed by atoms with Crippen LogP contribution in [0.5, 0.6) is 0 Å². The molecule has 0 amide bonds. The lowest BCUT2D eigenvalue weighted by Gasteiger charge is -2.00. The molecule has 0 aliphatic carbocycles. The van der Waals surface area contributed by atoms with Crippen molar-refractivity contribution in [3.8, 4) is 11.1 Å². The van der Waals surface area contributed by atoms with Gasteiger partial charge in [-0.1, -0.05) is 54.6 Å². The first-order valence-electron chi connectivity index (χ1n) is 8.25. The summed E-state index contributed by atoms with van der Waals surface area (Å²) >= 11 is 0. The molecule has 25 heavy (non-hydrogen) atoms. The van der Waals surface area contributed by atoms with E-state index in [4.69, 9.17) is 9.40 Å². The maximum atomic E-state index is 6.04. The van der Waals surface area contributed by atoms with Gasteiger partial charge in [0.15, 0.2) is 5.58 Å². The van der Waals surface area contributed by atoms with Crippen LogP contribution in [-0.4, -0.2) is 14.4 Å². The summed E-state index contributed by atoms with van der Waals surface area (Å²) in [6.45, 7) is 0. The van der Waals surface area contributed by atoms with E-state index in [1.807, 2.05) is 30.3 Å². The summed E-state index contributed by atoms with van der Waals surface area (Å²) in [5.41, 5.74) is 7.18. The fourth-order valence-corrected chi connectivity index (χ4v) is 3.61. The first-order valence-corrected chi connectivity index (χ1v) is 8.25. The van der Waals surface area contributed by atoms with Crippen LogP contribution in [0.15, 0.2) is 77.2 Å². The fourth-order valence-electron chi connectivity index (χ4n) is 3.61. The van der Waals surface area contributed by atoms with Gasteiger partial charge in [-0.2, -0.15) is 4.98 Å². The van der Waals surface area contributed by atoms with Crippen molar-refractivity contribution in [3.63, 3.8) is 0 Å². The molecule has 1 N–H and O–H groups in total. The standard InChI is InChI=1S/C21H13N3O/c1-2-6-13(7-3-1)14-10-11-17-18(12-14)25-21-23-19-15-8-4-5-9-16(15)22-20(19)24(17)21/h1-12,22H. The Morgan fingerprint density at radius 3 is 2.60 bits per heavy atom. The number of para-hydroxylation sites is 1. The number of hydrogen-bond acceptors (Lipinski definition) is 2. The molecule has 0 saturated carbocycles. The lowest BCUT2D eigenvalue weighted by atomic mass is 10.1. The third-order valence-electron chi connectivity index (χ3n) is 4.79. The SMILES string of the molecule is c1ccc(-c2ccc3c(c2)oc2nc4c5ccccc5[nH]c4n23)cc1. The molecule has 0 spiro atoms. The molecule has 0 aliphatic heterocycles. The van der Waals surface area contributed by atoms with Crippen molar-refractivity contribution >= 4 is 39.0 Å². The molecule has 6 aromatic rings. The Morgan fingerprint density at radius 1 is 0.840 bits per heavy atom. The van der Waals surface area contributed by atoms with Gasteiger partial charge < -0.3 is 9.40 Å². The number of aromatic nitrogens is 3. The highest BCUT2D eigenvalue weighted by atomic mass is 16.4. The zero-order valence-electron chi connectivity index (χ0n) is 13.2. The van der Waals surface area contributed by atoms with E-state index in [0.29, 0.717) is 5.84 Å². The van der Waals surface area contributed by atoms with Crippen LogP contribution in [0.4, 0.5) is 0 Å². The Bertz CT molecular complexity index is 1390. The number of rotatable bonds is 1. The molecular formula is C21H13N3O. The number of hydrogen-bond donors (Lipinski definition) is 1. The highest BCUT2D eigenvalue weighted by Gasteiger charge is 2.17. The minimum Gasteiger partial charge on any atom is -0.423 e. The van der Waals surface area contributed by atoms with Crippen molar-refractivity contribution in [1.82, 2.24) is 14.4 Å². The Labute approximate surface area is 142 Å². The molecule has 4 heteroatoms. The summed E-state index contributed by atoms with van der Waals surface area (Å²) in [6, 6.07) is 24.8. The molecule has 4 nitrogen and oxygen atoms in total. The minimum atomic E-state index is 0.618. The van der Waals surface area contributed by atoms with Crippen LogP contribution in [0.1, 0.15) is 0 Å². The van der Waals surface area contributed by atoms with Gasteiger partial charge in [0.25, 0.3) is 0 Å². The maximum Gasteiger partial charge on any atom is 0.309 e. The summed E-state index contributed by atoms with van der Waals surface area (Å²) in [4.78, 5) is 8.17. The molecule has 0 fully saturated rings. The summed E-state index contributed by atoms with van der Waals surface area (Å²) in [5, 5.41) is 1.12. The van der Waals surface area contributed by atoms with Gasteiger partial charge in [-0.3, -0.25) is 0 Å². The van der Waals surface area contributed by atoms with Gasteiger partial charge in [-0.25, -0.2) is 4.40 Å². The third-order valence-corrected chi connectivity index (χ3v) is 4.79. The fraction of sp³-hybridized carbons (Fsp3) is 0. The summed E-state index contributed by atoms with van der Waals surface area (Å²) in [6.07, 6.45) is 0. The van der Waals surface area contributed by atoms with Gasteiger partial charge in [0.1, 0.15) is 11.2 Å². The van der Waals surface area contributed by atoms with Gasteiger partial charge >= 0.3 is 5.84 Å². The van der Waals surface area contributed by atoms with Crippen molar-refractivity contribution in [2.75, 3.05) is 0 Å². The second-order valence-corrected chi connectivity index (χ2v) is 6.25. The van der Waals surface area contributed by atoms with Gasteiger partial charge in [-0.05, 0) is 29.3 Å². The molecule has 0 radical (unpaired) electrons. The van der Waals surface area contributed by atoms with Crippen molar-refractivity contribution in [2.24, 2.45) is 0 Å². The Hall–Kier alpha value is -3.53. The molecule has 0 saturated heterocycles. The van der Waals surface area contributed by atoms with Crippen LogP contribution in [0, 0.1) is 0 Å². The average Bonchev–Trinajstić information content (AvgIpc) is 3.29. The number of nitrogens with one attached hydrogen (secondary N) is 1. The van der Waals surface area contributed by atoms with Crippen LogP contribution in [-0.2, 0) is 0 Å². The number of H-pyrrole nitrogens is 1. The van der Waals surface area contributed by atoms with Gasteiger partial charge in [0.2, 0.25) is 0 Å². The van der Waals surface area contributed by atoms with Crippen LogP contribution in [0.2, 0.25) is 0 Å². The largest absolute Gasteiger partial charge is 0.423 e. The molecule has 118 valence electrons. The number of oxazole rings is 1. The van der Waals surface area contributed by atoms with E-state index >= 15 is 0 Å². The number of benzene rings is 3. The lowest BCUT2D eigenvalue weighted by Crippen LogP contribution is -1.82. The van der Waals surface area contributed by atoms with E-state index < -0.39 is 0 Å². The van der Waals surface area contributed by atoms with Crippen molar-refractivity contribution in [1.29, 1.82) is 0 Å². The van der Waals surface area contributed by atoms with E-state index in [1.165, 1.54) is 5.56 Å². The summed E-state index contributed by atoms with van der Waals surface area (Å²) in [7, 11) is 0. The molecule has 0 aliphatic rings. The van der Waals surface area contributed by atoms with Gasteiger partial charge in [0.05, 0.1) is 5.52 Å². The zero-order valence-corrected chi connectivity index (χ0v) is 13.2. The maximum absolute atomic E-state index is 6.04. The molecule has 3 aromatic heterocycles. The molecule has 0 atom stereocenters. The lowest BCUT2D eigenvalue weighted by molar-refractivity contribution is 0.643. The number of imidazole rings is 1. The summed E-state index contributed by atoms with van der Waals surface area (Å²) in [5.74, 6) is 0.618. The first-order chi connectivity index (χ1) is 12.4. The second-order valence-electron chi connectivity index (χ2n) is 6.25. The van der Waals surface area contributed by atoms with E-state index in [1.54, 1.807) is 0 Å². The van der Waals surface area contributed by atoms with Crippen LogP contribution in [0.25, 0.3) is 50.1 Å². The van der Waals surface area contributed by atoms with E-state index in [9.17, 15) is 0 Å².